The second-order valence-electron chi connectivity index (χ2n) is 4.49. The molecule has 2 rings (SSSR count). The Morgan fingerprint density at radius 3 is 2.58 bits per heavy atom. The minimum absolute atomic E-state index is 0.179. The number of aryl methyl sites for hydroxylation is 2. The zero-order chi connectivity index (χ0) is 14.0. The van der Waals surface area contributed by atoms with Crippen LogP contribution in [-0.4, -0.2) is 16.6 Å². The Bertz CT molecular complexity index is 570. The van der Waals surface area contributed by atoms with Crippen molar-refractivity contribution in [2.45, 2.75) is 25.9 Å². The molecule has 0 spiro atoms. The zero-order valence-electron chi connectivity index (χ0n) is 10.9. The van der Waals surface area contributed by atoms with Gasteiger partial charge < -0.3 is 10.8 Å². The van der Waals surface area contributed by atoms with E-state index >= 15 is 0 Å². The van der Waals surface area contributed by atoms with Gasteiger partial charge in [0.05, 0.1) is 21.7 Å². The van der Waals surface area contributed by atoms with Crippen molar-refractivity contribution in [1.82, 2.24) is 4.98 Å². The largest absolute Gasteiger partial charge is 0.387 e. The number of nitrogens with zero attached hydrogens (tertiary/aromatic N) is 1. The summed E-state index contributed by atoms with van der Waals surface area (Å²) in [4.78, 5) is 5.05. The Labute approximate surface area is 115 Å². The average Bonchev–Trinajstić information content (AvgIpc) is 2.71. The Hall–Kier alpha value is -1.30. The van der Waals surface area contributed by atoms with Gasteiger partial charge in [0, 0.05) is 12.5 Å². The first-order valence-corrected chi connectivity index (χ1v) is 6.92. The van der Waals surface area contributed by atoms with Crippen LogP contribution in [0.3, 0.4) is 0 Å². The molecule has 5 heteroatoms. The first-order valence-electron chi connectivity index (χ1n) is 6.11. The molecule has 1 aromatic heterocycles. The summed E-state index contributed by atoms with van der Waals surface area (Å²) in [7, 11) is 0. The van der Waals surface area contributed by atoms with E-state index in [-0.39, 0.29) is 12.4 Å². The van der Waals surface area contributed by atoms with Crippen molar-refractivity contribution in [2.75, 3.05) is 6.54 Å². The van der Waals surface area contributed by atoms with Crippen LogP contribution in [0, 0.1) is 19.7 Å². The molecule has 19 heavy (non-hydrogen) atoms. The summed E-state index contributed by atoms with van der Waals surface area (Å²) in [6, 6.07) is 6.42. The quantitative estimate of drug-likeness (QED) is 0.905. The van der Waals surface area contributed by atoms with Gasteiger partial charge in [-0.25, -0.2) is 9.37 Å². The minimum Gasteiger partial charge on any atom is -0.387 e. The van der Waals surface area contributed by atoms with Gasteiger partial charge in [-0.3, -0.25) is 0 Å². The SMILES string of the molecule is Cc1nc(C)c(C(O)C(CN)c2ccccc2F)s1. The van der Waals surface area contributed by atoms with E-state index in [4.69, 9.17) is 5.73 Å². The standard InChI is InChI=1S/C14H17FN2OS/c1-8-14(19-9(2)17-8)13(18)11(7-16)10-5-3-4-6-12(10)15/h3-6,11,13,18H,7,16H2,1-2H3. The Morgan fingerprint density at radius 2 is 2.05 bits per heavy atom. The average molecular weight is 280 g/mol. The molecule has 2 unspecified atom stereocenters. The maximum Gasteiger partial charge on any atom is 0.126 e. The van der Waals surface area contributed by atoms with Crippen molar-refractivity contribution in [3.8, 4) is 0 Å². The number of hydrogen-bond donors (Lipinski definition) is 2. The van der Waals surface area contributed by atoms with E-state index in [1.54, 1.807) is 18.2 Å². The number of benzene rings is 1. The van der Waals surface area contributed by atoms with Gasteiger partial charge in [0.15, 0.2) is 0 Å². The Morgan fingerprint density at radius 1 is 1.37 bits per heavy atom. The molecule has 0 amide bonds. The van der Waals surface area contributed by atoms with Crippen LogP contribution in [-0.2, 0) is 0 Å². The first-order chi connectivity index (χ1) is 9.04. The number of halogens is 1. The lowest BCUT2D eigenvalue weighted by molar-refractivity contribution is 0.148. The van der Waals surface area contributed by atoms with Crippen LogP contribution in [0.4, 0.5) is 4.39 Å². The zero-order valence-corrected chi connectivity index (χ0v) is 11.7. The van der Waals surface area contributed by atoms with Crippen molar-refractivity contribution in [2.24, 2.45) is 5.73 Å². The second-order valence-corrected chi connectivity index (χ2v) is 5.73. The molecule has 0 aliphatic heterocycles. The highest BCUT2D eigenvalue weighted by Crippen LogP contribution is 2.35. The van der Waals surface area contributed by atoms with E-state index in [2.05, 4.69) is 4.98 Å². The van der Waals surface area contributed by atoms with Gasteiger partial charge >= 0.3 is 0 Å². The highest BCUT2D eigenvalue weighted by atomic mass is 32.1. The van der Waals surface area contributed by atoms with Crippen LogP contribution in [0.2, 0.25) is 0 Å². The van der Waals surface area contributed by atoms with E-state index < -0.39 is 12.0 Å². The molecule has 0 aliphatic carbocycles. The molecule has 3 nitrogen and oxygen atoms in total. The second kappa shape index (κ2) is 5.77. The summed E-state index contributed by atoms with van der Waals surface area (Å²) in [5.41, 5.74) is 6.96. The summed E-state index contributed by atoms with van der Waals surface area (Å²) in [5.74, 6) is -0.796. The third-order valence-corrected chi connectivity index (χ3v) is 4.29. The van der Waals surface area contributed by atoms with Crippen LogP contribution in [0.1, 0.15) is 33.2 Å². The van der Waals surface area contributed by atoms with Crippen molar-refractivity contribution in [1.29, 1.82) is 0 Å². The lowest BCUT2D eigenvalue weighted by Gasteiger charge is -2.21. The van der Waals surface area contributed by atoms with Crippen molar-refractivity contribution in [3.05, 3.63) is 51.2 Å². The van der Waals surface area contributed by atoms with E-state index in [1.165, 1.54) is 17.4 Å². The van der Waals surface area contributed by atoms with Crippen LogP contribution in [0.25, 0.3) is 0 Å². The molecule has 0 fully saturated rings. The molecule has 0 radical (unpaired) electrons. The number of nitrogens with two attached hydrogens (primary N) is 1. The predicted octanol–water partition coefficient (Wildman–Crippen LogP) is 2.67. The van der Waals surface area contributed by atoms with Gasteiger partial charge in [-0.15, -0.1) is 11.3 Å². The number of rotatable bonds is 4. The summed E-state index contributed by atoms with van der Waals surface area (Å²) in [6.07, 6.45) is -0.826. The Kier molecular flexibility index (Phi) is 4.29. The highest BCUT2D eigenvalue weighted by Gasteiger charge is 2.27. The third kappa shape index (κ3) is 2.83. The Balaban J connectivity index is 2.37. The predicted molar refractivity (Wildman–Crippen MR) is 74.7 cm³/mol. The number of hydrogen-bond acceptors (Lipinski definition) is 4. The van der Waals surface area contributed by atoms with Crippen LogP contribution < -0.4 is 5.73 Å². The van der Waals surface area contributed by atoms with E-state index in [0.717, 1.165) is 15.6 Å². The minimum atomic E-state index is -0.826. The van der Waals surface area contributed by atoms with Crippen molar-refractivity contribution < 1.29 is 9.50 Å². The van der Waals surface area contributed by atoms with Gasteiger partial charge in [0.2, 0.25) is 0 Å². The molecular weight excluding hydrogens is 263 g/mol. The fraction of sp³-hybridized carbons (Fsp3) is 0.357. The van der Waals surface area contributed by atoms with Crippen LogP contribution in [0.5, 0.6) is 0 Å². The summed E-state index contributed by atoms with van der Waals surface area (Å²) in [6.45, 7) is 3.91. The van der Waals surface area contributed by atoms with Gasteiger partial charge in [-0.05, 0) is 25.5 Å². The normalized spacial score (nSPS) is 14.4. The first kappa shape index (κ1) is 14.1. The highest BCUT2D eigenvalue weighted by molar-refractivity contribution is 7.11. The molecule has 2 atom stereocenters. The molecule has 0 saturated heterocycles. The van der Waals surface area contributed by atoms with Crippen molar-refractivity contribution in [3.63, 3.8) is 0 Å². The molecule has 3 N–H and O–H groups in total. The van der Waals surface area contributed by atoms with Crippen LogP contribution in [0.15, 0.2) is 24.3 Å². The van der Waals surface area contributed by atoms with Gasteiger partial charge in [-0.2, -0.15) is 0 Å². The molecule has 2 aromatic rings. The van der Waals surface area contributed by atoms with E-state index in [0.29, 0.717) is 5.56 Å². The monoisotopic (exact) mass is 280 g/mol. The maximum absolute atomic E-state index is 13.8. The lowest BCUT2D eigenvalue weighted by Crippen LogP contribution is -2.21. The van der Waals surface area contributed by atoms with E-state index in [1.807, 2.05) is 13.8 Å². The molecule has 102 valence electrons. The third-order valence-electron chi connectivity index (χ3n) is 3.15. The molecule has 1 heterocycles. The molecule has 0 bridgehead atoms. The van der Waals surface area contributed by atoms with Crippen molar-refractivity contribution >= 4 is 11.3 Å². The number of thiazole rings is 1. The number of aliphatic hydroxyl groups excluding tert-OH is 1. The molecule has 0 saturated carbocycles. The summed E-state index contributed by atoms with van der Waals surface area (Å²) in [5, 5.41) is 11.4. The van der Waals surface area contributed by atoms with Gasteiger partial charge in [0.1, 0.15) is 5.82 Å². The lowest BCUT2D eigenvalue weighted by atomic mass is 9.91. The smallest absolute Gasteiger partial charge is 0.126 e. The molecule has 0 aliphatic rings. The van der Waals surface area contributed by atoms with Gasteiger partial charge in [0.25, 0.3) is 0 Å². The van der Waals surface area contributed by atoms with E-state index in [9.17, 15) is 9.50 Å². The fourth-order valence-electron chi connectivity index (χ4n) is 2.21. The molecular formula is C14H17FN2OS. The van der Waals surface area contributed by atoms with Gasteiger partial charge in [-0.1, -0.05) is 18.2 Å². The summed E-state index contributed by atoms with van der Waals surface area (Å²) < 4.78 is 13.8. The number of aliphatic hydroxyl groups is 1. The van der Waals surface area contributed by atoms with Crippen LogP contribution >= 0.6 is 11.3 Å². The maximum atomic E-state index is 13.8. The topological polar surface area (TPSA) is 59.1 Å². The number of aromatic nitrogens is 1. The fourth-order valence-corrected chi connectivity index (χ4v) is 3.19. The molecule has 1 aromatic carbocycles. The summed E-state index contributed by atoms with van der Waals surface area (Å²) >= 11 is 1.43.